The van der Waals surface area contributed by atoms with Crippen LogP contribution in [0.3, 0.4) is 0 Å². The van der Waals surface area contributed by atoms with Crippen LogP contribution in [0.25, 0.3) is 0 Å². The first-order valence-corrected chi connectivity index (χ1v) is 8.07. The molecule has 0 bridgehead atoms. The van der Waals surface area contributed by atoms with Crippen molar-refractivity contribution < 1.29 is 0 Å². The molecule has 3 N–H and O–H groups in total. The van der Waals surface area contributed by atoms with Crippen LogP contribution in [-0.2, 0) is 6.42 Å². The molecule has 0 aromatic carbocycles. The summed E-state index contributed by atoms with van der Waals surface area (Å²) in [6, 6.07) is 2.41. The summed E-state index contributed by atoms with van der Waals surface area (Å²) in [5.74, 6) is 5.78. The van der Waals surface area contributed by atoms with Gasteiger partial charge in [0.15, 0.2) is 0 Å². The molecule has 0 aliphatic carbocycles. The van der Waals surface area contributed by atoms with Crippen molar-refractivity contribution in [3.05, 3.63) is 20.8 Å². The molecule has 0 amide bonds. The van der Waals surface area contributed by atoms with Crippen LogP contribution in [0, 0.1) is 0 Å². The average Bonchev–Trinajstić information content (AvgIpc) is 2.72. The van der Waals surface area contributed by atoms with Gasteiger partial charge >= 0.3 is 0 Å². The van der Waals surface area contributed by atoms with E-state index >= 15 is 0 Å². The summed E-state index contributed by atoms with van der Waals surface area (Å²) in [5.41, 5.74) is 3.04. The number of hydrogen-bond acceptors (Lipinski definition) is 4. The first-order valence-electron chi connectivity index (χ1n) is 6.39. The second kappa shape index (κ2) is 7.01. The highest BCUT2D eigenvalue weighted by Gasteiger charge is 2.33. The van der Waals surface area contributed by atoms with Gasteiger partial charge in [-0.3, -0.25) is 16.2 Å². The van der Waals surface area contributed by atoms with Crippen LogP contribution in [0.15, 0.2) is 15.9 Å². The molecule has 18 heavy (non-hydrogen) atoms. The lowest BCUT2D eigenvalue weighted by molar-refractivity contribution is 0.0915. The predicted octanol–water partition coefficient (Wildman–Crippen LogP) is 3.01. The quantitative estimate of drug-likeness (QED) is 0.595. The van der Waals surface area contributed by atoms with Gasteiger partial charge in [-0.15, -0.1) is 11.3 Å². The Labute approximate surface area is 123 Å². The van der Waals surface area contributed by atoms with Crippen LogP contribution in [0.1, 0.15) is 32.6 Å². The summed E-state index contributed by atoms with van der Waals surface area (Å²) in [6.07, 6.45) is 0.955. The number of hydrazine groups is 1. The maximum absolute atomic E-state index is 5.78. The summed E-state index contributed by atoms with van der Waals surface area (Å²) in [5, 5.41) is 2.12. The van der Waals surface area contributed by atoms with Crippen molar-refractivity contribution in [3.8, 4) is 0 Å². The van der Waals surface area contributed by atoms with Crippen LogP contribution in [0.5, 0.6) is 0 Å². The maximum Gasteiger partial charge on any atom is 0.0437 e. The van der Waals surface area contributed by atoms with Gasteiger partial charge < -0.3 is 0 Å². The molecule has 0 saturated heterocycles. The molecule has 0 radical (unpaired) electrons. The van der Waals surface area contributed by atoms with Gasteiger partial charge in [0, 0.05) is 32.7 Å². The summed E-state index contributed by atoms with van der Waals surface area (Å²) in [7, 11) is 0. The van der Waals surface area contributed by atoms with Crippen LogP contribution < -0.4 is 11.3 Å². The second-order valence-electron chi connectivity index (χ2n) is 4.98. The molecule has 0 saturated carbocycles. The Morgan fingerprint density at radius 1 is 1.44 bits per heavy atom. The molecule has 0 aliphatic heterocycles. The van der Waals surface area contributed by atoms with Crippen LogP contribution in [0.2, 0.25) is 0 Å². The highest BCUT2D eigenvalue weighted by Crippen LogP contribution is 2.26. The number of thiophene rings is 1. The second-order valence-corrected chi connectivity index (χ2v) is 6.89. The summed E-state index contributed by atoms with van der Waals surface area (Å²) < 4.78 is 1.15. The standard InChI is InChI=1S/C13H24BrN3S/c1-5-17(6-2)13(3,4)12(16-15)8-11-7-10(14)9-18-11/h7,9,12,16H,5-6,8,15H2,1-4H3. The van der Waals surface area contributed by atoms with E-state index in [1.54, 1.807) is 11.3 Å². The van der Waals surface area contributed by atoms with Gasteiger partial charge in [-0.05, 0) is 48.9 Å². The fourth-order valence-corrected chi connectivity index (χ4v) is 3.93. The van der Waals surface area contributed by atoms with E-state index in [4.69, 9.17) is 5.84 Å². The Balaban J connectivity index is 2.81. The van der Waals surface area contributed by atoms with Gasteiger partial charge in [0.1, 0.15) is 0 Å². The molecule has 104 valence electrons. The largest absolute Gasteiger partial charge is 0.297 e. The molecular weight excluding hydrogens is 310 g/mol. The molecule has 1 heterocycles. The van der Waals surface area contributed by atoms with E-state index in [9.17, 15) is 0 Å². The third-order valence-corrected chi connectivity index (χ3v) is 5.38. The third kappa shape index (κ3) is 3.78. The maximum atomic E-state index is 5.78. The first-order chi connectivity index (χ1) is 8.45. The summed E-state index contributed by atoms with van der Waals surface area (Å²) in [6.45, 7) is 11.0. The van der Waals surface area contributed by atoms with Crippen molar-refractivity contribution in [2.45, 2.75) is 45.7 Å². The van der Waals surface area contributed by atoms with Crippen molar-refractivity contribution in [1.29, 1.82) is 0 Å². The molecule has 5 heteroatoms. The van der Waals surface area contributed by atoms with E-state index in [1.807, 2.05) is 0 Å². The smallest absolute Gasteiger partial charge is 0.0437 e. The number of halogens is 1. The Hall–Kier alpha value is 0.0600. The lowest BCUT2D eigenvalue weighted by Gasteiger charge is -2.43. The zero-order valence-electron chi connectivity index (χ0n) is 11.7. The van der Waals surface area contributed by atoms with Crippen molar-refractivity contribution in [2.24, 2.45) is 5.84 Å². The molecule has 1 rings (SSSR count). The fourth-order valence-electron chi connectivity index (χ4n) is 2.43. The normalized spacial score (nSPS) is 14.2. The molecular formula is C13H24BrN3S. The Morgan fingerprint density at radius 2 is 2.06 bits per heavy atom. The molecule has 3 nitrogen and oxygen atoms in total. The first kappa shape index (κ1) is 16.1. The van der Waals surface area contributed by atoms with E-state index in [2.05, 4.69) is 65.4 Å². The molecule has 1 unspecified atom stereocenters. The van der Waals surface area contributed by atoms with E-state index in [0.29, 0.717) is 0 Å². The number of nitrogens with zero attached hydrogens (tertiary/aromatic N) is 1. The van der Waals surface area contributed by atoms with Crippen LogP contribution >= 0.6 is 27.3 Å². The third-order valence-electron chi connectivity index (χ3n) is 3.66. The van der Waals surface area contributed by atoms with Crippen molar-refractivity contribution >= 4 is 27.3 Å². The minimum Gasteiger partial charge on any atom is -0.297 e. The van der Waals surface area contributed by atoms with Gasteiger partial charge in [0.25, 0.3) is 0 Å². The summed E-state index contributed by atoms with van der Waals surface area (Å²) >= 11 is 5.27. The van der Waals surface area contributed by atoms with Gasteiger partial charge in [-0.1, -0.05) is 13.8 Å². The molecule has 1 aromatic rings. The van der Waals surface area contributed by atoms with Crippen molar-refractivity contribution in [2.75, 3.05) is 13.1 Å². The minimum absolute atomic E-state index is 0.0364. The lowest BCUT2D eigenvalue weighted by Crippen LogP contribution is -2.60. The number of hydrogen-bond donors (Lipinski definition) is 2. The zero-order valence-corrected chi connectivity index (χ0v) is 14.1. The zero-order chi connectivity index (χ0) is 13.8. The minimum atomic E-state index is 0.0364. The molecule has 0 spiro atoms. The number of nitrogens with two attached hydrogens (primary N) is 1. The van der Waals surface area contributed by atoms with Gasteiger partial charge in [0.05, 0.1) is 0 Å². The van der Waals surface area contributed by atoms with E-state index in [1.165, 1.54) is 4.88 Å². The molecule has 1 aromatic heterocycles. The highest BCUT2D eigenvalue weighted by molar-refractivity contribution is 9.10. The van der Waals surface area contributed by atoms with E-state index in [0.717, 1.165) is 24.0 Å². The van der Waals surface area contributed by atoms with Gasteiger partial charge in [-0.2, -0.15) is 0 Å². The van der Waals surface area contributed by atoms with Gasteiger partial charge in [-0.25, -0.2) is 0 Å². The fraction of sp³-hybridized carbons (Fsp3) is 0.692. The number of likely N-dealkylation sites (N-methyl/N-ethyl adjacent to an activating group) is 1. The molecule has 0 aliphatic rings. The van der Waals surface area contributed by atoms with E-state index in [-0.39, 0.29) is 11.6 Å². The Bertz CT molecular complexity index is 361. The van der Waals surface area contributed by atoms with Crippen LogP contribution in [-0.4, -0.2) is 29.6 Å². The molecule has 1 atom stereocenters. The number of nitrogens with one attached hydrogen (secondary N) is 1. The van der Waals surface area contributed by atoms with Crippen molar-refractivity contribution in [1.82, 2.24) is 10.3 Å². The number of rotatable bonds is 7. The summed E-state index contributed by atoms with van der Waals surface area (Å²) in [4.78, 5) is 3.80. The SMILES string of the molecule is CCN(CC)C(C)(C)C(Cc1cc(Br)cs1)NN. The van der Waals surface area contributed by atoms with Crippen molar-refractivity contribution in [3.63, 3.8) is 0 Å². The monoisotopic (exact) mass is 333 g/mol. The van der Waals surface area contributed by atoms with E-state index < -0.39 is 0 Å². The lowest BCUT2D eigenvalue weighted by atomic mass is 9.89. The highest BCUT2D eigenvalue weighted by atomic mass is 79.9. The topological polar surface area (TPSA) is 41.3 Å². The average molecular weight is 334 g/mol. The predicted molar refractivity (Wildman–Crippen MR) is 83.8 cm³/mol. The van der Waals surface area contributed by atoms with Gasteiger partial charge in [0.2, 0.25) is 0 Å². The Morgan fingerprint density at radius 3 is 2.44 bits per heavy atom. The Kier molecular flexibility index (Phi) is 6.27. The molecule has 0 fully saturated rings. The van der Waals surface area contributed by atoms with Crippen LogP contribution in [0.4, 0.5) is 0 Å².